The van der Waals surface area contributed by atoms with Gasteiger partial charge in [-0.2, -0.15) is 0 Å². The van der Waals surface area contributed by atoms with Crippen molar-refractivity contribution < 1.29 is 49.3 Å². The summed E-state index contributed by atoms with van der Waals surface area (Å²) in [6.07, 6.45) is 0.412. The molecule has 39 heavy (non-hydrogen) atoms. The zero-order chi connectivity index (χ0) is 27.9. The standard InChI is InChI=1S/C29H42O10/c1-14-23(33)24(34)25(35)26(38-14)39-17-5-7-28(13-30)16(10-17)3-4-19-20(28)11-21(31)27(2)18(6-8-29(19,27)36)15-9-22(32)37-12-15/h9,13-14,16-21,23-26,31,33-36H,3-8,10-12H2,1-2H3/t14-,16-,17-,18+,19+,20-,21+,23-,24+,25+,26-,27-,28+,29-/m0/s1. The number of ether oxygens (including phenoxy) is 3. The lowest BCUT2D eigenvalue weighted by Gasteiger charge is -2.64. The van der Waals surface area contributed by atoms with Gasteiger partial charge in [0.05, 0.1) is 23.9 Å². The molecule has 0 amide bonds. The normalized spacial score (nSPS) is 55.2. The second-order valence-electron chi connectivity index (χ2n) is 13.3. The van der Waals surface area contributed by atoms with Crippen LogP contribution >= 0.6 is 0 Å². The lowest BCUT2D eigenvalue weighted by molar-refractivity contribution is -0.310. The Morgan fingerprint density at radius 1 is 1.00 bits per heavy atom. The Balaban J connectivity index is 1.22. The highest BCUT2D eigenvalue weighted by atomic mass is 16.7. The van der Waals surface area contributed by atoms with E-state index in [0.717, 1.165) is 24.7 Å². The Bertz CT molecular complexity index is 1030. The third kappa shape index (κ3) is 3.86. The third-order valence-electron chi connectivity index (χ3n) is 11.9. The zero-order valence-corrected chi connectivity index (χ0v) is 22.6. The number of aliphatic hydroxyl groups is 5. The topological polar surface area (TPSA) is 163 Å². The van der Waals surface area contributed by atoms with Crippen molar-refractivity contribution in [3.05, 3.63) is 11.6 Å². The smallest absolute Gasteiger partial charge is 0.331 e. The van der Waals surface area contributed by atoms with Crippen LogP contribution < -0.4 is 0 Å². The average Bonchev–Trinajstić information content (AvgIpc) is 3.47. The molecule has 5 N–H and O–H groups in total. The minimum Gasteiger partial charge on any atom is -0.458 e. The van der Waals surface area contributed by atoms with E-state index in [-0.39, 0.29) is 42.4 Å². The van der Waals surface area contributed by atoms with E-state index in [1.807, 2.05) is 6.92 Å². The number of fused-ring (bicyclic) bond motifs is 5. The molecule has 0 aromatic heterocycles. The number of aldehydes is 1. The maximum atomic E-state index is 12.9. The van der Waals surface area contributed by atoms with Crippen LogP contribution in [-0.2, 0) is 23.8 Å². The molecule has 10 heteroatoms. The van der Waals surface area contributed by atoms with Gasteiger partial charge in [-0.1, -0.05) is 6.92 Å². The van der Waals surface area contributed by atoms with Crippen molar-refractivity contribution in [2.24, 2.45) is 34.5 Å². The van der Waals surface area contributed by atoms with Crippen molar-refractivity contribution in [2.45, 2.75) is 114 Å². The molecule has 0 unspecified atom stereocenters. The maximum Gasteiger partial charge on any atom is 0.331 e. The molecule has 10 nitrogen and oxygen atoms in total. The quantitative estimate of drug-likeness (QED) is 0.190. The van der Waals surface area contributed by atoms with Crippen LogP contribution in [0.3, 0.4) is 0 Å². The summed E-state index contributed by atoms with van der Waals surface area (Å²) in [4.78, 5) is 24.7. The van der Waals surface area contributed by atoms with Gasteiger partial charge in [0.2, 0.25) is 0 Å². The van der Waals surface area contributed by atoms with Crippen molar-refractivity contribution in [1.29, 1.82) is 0 Å². The molecule has 14 atom stereocenters. The van der Waals surface area contributed by atoms with Crippen LogP contribution in [0.2, 0.25) is 0 Å². The Kier molecular flexibility index (Phi) is 6.81. The van der Waals surface area contributed by atoms with Crippen molar-refractivity contribution in [3.8, 4) is 0 Å². The fraction of sp³-hybridized carbons (Fsp3) is 0.862. The van der Waals surface area contributed by atoms with Gasteiger partial charge in [-0.15, -0.1) is 0 Å². The van der Waals surface area contributed by atoms with Crippen LogP contribution in [0.5, 0.6) is 0 Å². The first-order chi connectivity index (χ1) is 18.5. The van der Waals surface area contributed by atoms with Gasteiger partial charge in [-0.25, -0.2) is 4.79 Å². The van der Waals surface area contributed by atoms with E-state index in [0.29, 0.717) is 38.5 Å². The van der Waals surface area contributed by atoms with E-state index in [2.05, 4.69) is 0 Å². The van der Waals surface area contributed by atoms with Gasteiger partial charge in [0.1, 0.15) is 31.2 Å². The van der Waals surface area contributed by atoms with E-state index in [4.69, 9.17) is 14.2 Å². The maximum absolute atomic E-state index is 12.9. The van der Waals surface area contributed by atoms with Crippen molar-refractivity contribution in [3.63, 3.8) is 0 Å². The summed E-state index contributed by atoms with van der Waals surface area (Å²) in [5.74, 6) is -0.862. The number of aliphatic hydroxyl groups excluding tert-OH is 4. The second-order valence-corrected chi connectivity index (χ2v) is 13.3. The molecule has 0 aromatic carbocycles. The van der Waals surface area contributed by atoms with E-state index in [9.17, 15) is 35.1 Å². The van der Waals surface area contributed by atoms with Crippen LogP contribution in [-0.4, -0.2) is 92.9 Å². The fourth-order valence-electron chi connectivity index (χ4n) is 9.72. The highest BCUT2D eigenvalue weighted by Gasteiger charge is 2.71. The highest BCUT2D eigenvalue weighted by molar-refractivity contribution is 5.85. The van der Waals surface area contributed by atoms with E-state index >= 15 is 0 Å². The largest absolute Gasteiger partial charge is 0.458 e. The molecule has 5 fully saturated rings. The van der Waals surface area contributed by atoms with E-state index < -0.39 is 53.2 Å². The molecule has 2 heterocycles. The van der Waals surface area contributed by atoms with Gasteiger partial charge in [0.25, 0.3) is 0 Å². The number of carbonyl (C=O) groups excluding carboxylic acids is 2. The first-order valence-electron chi connectivity index (χ1n) is 14.6. The lowest BCUT2D eigenvalue weighted by atomic mass is 9.42. The summed E-state index contributed by atoms with van der Waals surface area (Å²) in [7, 11) is 0. The predicted molar refractivity (Wildman–Crippen MR) is 135 cm³/mol. The zero-order valence-electron chi connectivity index (χ0n) is 22.6. The summed E-state index contributed by atoms with van der Waals surface area (Å²) in [5, 5.41) is 54.6. The number of rotatable bonds is 4. The molecule has 0 aromatic rings. The molecule has 2 aliphatic heterocycles. The molecule has 6 aliphatic rings. The number of carbonyl (C=O) groups is 2. The van der Waals surface area contributed by atoms with Gasteiger partial charge < -0.3 is 44.5 Å². The number of esters is 1. The Morgan fingerprint density at radius 3 is 2.46 bits per heavy atom. The Labute approximate surface area is 228 Å². The van der Waals surface area contributed by atoms with Gasteiger partial charge in [-0.3, -0.25) is 0 Å². The first-order valence-corrected chi connectivity index (χ1v) is 14.6. The van der Waals surface area contributed by atoms with E-state index in [1.54, 1.807) is 6.92 Å². The minimum atomic E-state index is -1.38. The van der Waals surface area contributed by atoms with E-state index in [1.165, 1.54) is 6.08 Å². The van der Waals surface area contributed by atoms with Crippen LogP contribution in [0.4, 0.5) is 0 Å². The van der Waals surface area contributed by atoms with Crippen molar-refractivity contribution >= 4 is 12.3 Å². The van der Waals surface area contributed by atoms with Crippen molar-refractivity contribution in [1.82, 2.24) is 0 Å². The molecule has 0 radical (unpaired) electrons. The molecule has 4 saturated carbocycles. The minimum absolute atomic E-state index is 0.00964. The molecule has 218 valence electrons. The first kappa shape index (κ1) is 27.8. The van der Waals surface area contributed by atoms with Gasteiger partial charge >= 0.3 is 5.97 Å². The molecular formula is C29H42O10. The van der Waals surface area contributed by atoms with Gasteiger partial charge in [0.15, 0.2) is 6.29 Å². The predicted octanol–water partition coefficient (Wildman–Crippen LogP) is 0.606. The molecule has 0 bridgehead atoms. The summed E-state index contributed by atoms with van der Waals surface area (Å²) in [5.41, 5.74) is -1.85. The molecule has 0 spiro atoms. The molecule has 4 aliphatic carbocycles. The summed E-state index contributed by atoms with van der Waals surface area (Å²) in [6.45, 7) is 3.76. The Hall–Kier alpha value is -1.40. The fourth-order valence-corrected chi connectivity index (χ4v) is 9.72. The summed E-state index contributed by atoms with van der Waals surface area (Å²) < 4.78 is 16.9. The number of hydrogen-bond acceptors (Lipinski definition) is 10. The van der Waals surface area contributed by atoms with Crippen LogP contribution in [0.1, 0.15) is 65.2 Å². The van der Waals surface area contributed by atoms with Crippen LogP contribution in [0.15, 0.2) is 11.6 Å². The lowest BCUT2D eigenvalue weighted by Crippen LogP contribution is -2.67. The van der Waals surface area contributed by atoms with Gasteiger partial charge in [0, 0.05) is 16.9 Å². The molecule has 6 rings (SSSR count). The van der Waals surface area contributed by atoms with Crippen molar-refractivity contribution in [2.75, 3.05) is 6.61 Å². The van der Waals surface area contributed by atoms with Crippen LogP contribution in [0.25, 0.3) is 0 Å². The summed E-state index contributed by atoms with van der Waals surface area (Å²) >= 11 is 0. The number of hydrogen-bond donors (Lipinski definition) is 5. The average molecular weight is 551 g/mol. The third-order valence-corrected chi connectivity index (χ3v) is 11.9. The SMILES string of the molecule is C[C@@H]1O[C@@H](O[C@H]2CC[C@@]3(C=O)[C@@H](CC[C@@H]4[C@@H]3C[C@@H](O)[C@]3(C)[C@@H](C5=CC(=O)OC5)CC[C@]43O)C2)[C@H](O)[C@H](O)[C@H]1O. The molecule has 1 saturated heterocycles. The second kappa shape index (κ2) is 9.58. The molecular weight excluding hydrogens is 508 g/mol. The monoisotopic (exact) mass is 550 g/mol. The van der Waals surface area contributed by atoms with Gasteiger partial charge in [-0.05, 0) is 87.5 Å². The number of cyclic esters (lactones) is 1. The Morgan fingerprint density at radius 2 is 1.77 bits per heavy atom. The summed E-state index contributed by atoms with van der Waals surface area (Å²) in [6, 6.07) is 0. The highest BCUT2D eigenvalue weighted by Crippen LogP contribution is 2.69. The van der Waals surface area contributed by atoms with Crippen LogP contribution in [0, 0.1) is 34.5 Å².